The van der Waals surface area contributed by atoms with E-state index in [1.165, 1.54) is 17.0 Å². The van der Waals surface area contributed by atoms with Gasteiger partial charge in [0.2, 0.25) is 0 Å². The van der Waals surface area contributed by atoms with E-state index >= 15 is 0 Å². The molecule has 0 aliphatic rings. The molecule has 0 radical (unpaired) electrons. The normalized spacial score (nSPS) is 11.2. The lowest BCUT2D eigenvalue weighted by Gasteiger charge is -2.21. The van der Waals surface area contributed by atoms with Crippen LogP contribution in [0.1, 0.15) is 37.0 Å². The minimum absolute atomic E-state index is 0.00984. The molecular formula is C15H21NO5S. The van der Waals surface area contributed by atoms with E-state index in [-0.39, 0.29) is 29.2 Å². The number of amides is 1. The molecule has 0 atom stereocenters. The SMILES string of the molecule is CCCS(=O)(=O)c1ccccc1C(=O)N(CC)CCC(=O)O. The Hall–Kier alpha value is -1.89. The Labute approximate surface area is 130 Å². The maximum Gasteiger partial charge on any atom is 0.305 e. The first-order valence-electron chi connectivity index (χ1n) is 7.16. The standard InChI is InChI=1S/C15H21NO5S/c1-3-11-22(20,21)13-8-6-5-7-12(13)15(19)16(4-2)10-9-14(17)18/h5-8H,3-4,9-11H2,1-2H3,(H,17,18). The number of carboxylic acids is 1. The van der Waals surface area contributed by atoms with E-state index < -0.39 is 21.7 Å². The summed E-state index contributed by atoms with van der Waals surface area (Å²) in [6.45, 7) is 3.84. The third-order valence-electron chi connectivity index (χ3n) is 3.19. The van der Waals surface area contributed by atoms with Crippen LogP contribution in [0.4, 0.5) is 0 Å². The second-order valence-electron chi connectivity index (χ2n) is 4.84. The van der Waals surface area contributed by atoms with Crippen molar-refractivity contribution in [2.45, 2.75) is 31.6 Å². The third kappa shape index (κ3) is 4.56. The number of hydrogen-bond donors (Lipinski definition) is 1. The molecule has 122 valence electrons. The van der Waals surface area contributed by atoms with Crippen LogP contribution in [0.5, 0.6) is 0 Å². The molecule has 0 spiro atoms. The van der Waals surface area contributed by atoms with Crippen molar-refractivity contribution in [3.63, 3.8) is 0 Å². The van der Waals surface area contributed by atoms with Crippen LogP contribution in [0.2, 0.25) is 0 Å². The molecule has 0 aliphatic heterocycles. The minimum Gasteiger partial charge on any atom is -0.481 e. The fourth-order valence-electron chi connectivity index (χ4n) is 2.10. The van der Waals surface area contributed by atoms with Gasteiger partial charge in [-0.1, -0.05) is 19.1 Å². The van der Waals surface area contributed by atoms with Gasteiger partial charge in [-0.3, -0.25) is 9.59 Å². The Morgan fingerprint density at radius 1 is 1.18 bits per heavy atom. The highest BCUT2D eigenvalue weighted by atomic mass is 32.2. The van der Waals surface area contributed by atoms with Gasteiger partial charge in [0.05, 0.1) is 22.6 Å². The average Bonchev–Trinajstić information content (AvgIpc) is 2.47. The monoisotopic (exact) mass is 327 g/mol. The Kier molecular flexibility index (Phi) is 6.55. The van der Waals surface area contributed by atoms with Gasteiger partial charge in [0.15, 0.2) is 9.84 Å². The van der Waals surface area contributed by atoms with Crippen molar-refractivity contribution in [1.82, 2.24) is 4.90 Å². The topological polar surface area (TPSA) is 91.8 Å². The van der Waals surface area contributed by atoms with Crippen LogP contribution < -0.4 is 0 Å². The maximum absolute atomic E-state index is 12.5. The second-order valence-corrected chi connectivity index (χ2v) is 6.92. The molecule has 0 heterocycles. The van der Waals surface area contributed by atoms with Gasteiger partial charge in [0, 0.05) is 13.1 Å². The first-order chi connectivity index (χ1) is 10.3. The highest BCUT2D eigenvalue weighted by Gasteiger charge is 2.24. The molecule has 6 nitrogen and oxygen atoms in total. The highest BCUT2D eigenvalue weighted by Crippen LogP contribution is 2.19. The van der Waals surface area contributed by atoms with Gasteiger partial charge >= 0.3 is 5.97 Å². The summed E-state index contributed by atoms with van der Waals surface area (Å²) in [4.78, 5) is 24.5. The predicted molar refractivity (Wildman–Crippen MR) is 82.6 cm³/mol. The summed E-state index contributed by atoms with van der Waals surface area (Å²) in [7, 11) is -3.52. The van der Waals surface area contributed by atoms with E-state index in [4.69, 9.17) is 5.11 Å². The summed E-state index contributed by atoms with van der Waals surface area (Å²) < 4.78 is 24.5. The quantitative estimate of drug-likeness (QED) is 0.786. The van der Waals surface area contributed by atoms with Crippen molar-refractivity contribution in [1.29, 1.82) is 0 Å². The first-order valence-corrected chi connectivity index (χ1v) is 8.81. The third-order valence-corrected chi connectivity index (χ3v) is 5.16. The Balaban J connectivity index is 3.15. The lowest BCUT2D eigenvalue weighted by atomic mass is 10.2. The van der Waals surface area contributed by atoms with E-state index in [9.17, 15) is 18.0 Å². The number of carbonyl (C=O) groups excluding carboxylic acids is 1. The molecule has 1 N–H and O–H groups in total. The summed E-state index contributed by atoms with van der Waals surface area (Å²) >= 11 is 0. The molecule has 7 heteroatoms. The van der Waals surface area contributed by atoms with E-state index in [0.717, 1.165) is 0 Å². The highest BCUT2D eigenvalue weighted by molar-refractivity contribution is 7.91. The number of carbonyl (C=O) groups is 2. The molecule has 1 aromatic carbocycles. The van der Waals surface area contributed by atoms with E-state index in [2.05, 4.69) is 0 Å². The fourth-order valence-corrected chi connectivity index (χ4v) is 3.63. The molecular weight excluding hydrogens is 306 g/mol. The van der Waals surface area contributed by atoms with Gasteiger partial charge in [-0.2, -0.15) is 0 Å². The number of aliphatic carboxylic acids is 1. The second kappa shape index (κ2) is 7.93. The molecule has 0 fully saturated rings. The summed E-state index contributed by atoms with van der Waals surface area (Å²) in [6.07, 6.45) is 0.283. The fraction of sp³-hybridized carbons (Fsp3) is 0.467. The van der Waals surface area contributed by atoms with Crippen LogP contribution in [0, 0.1) is 0 Å². The molecule has 0 unspecified atom stereocenters. The molecule has 1 rings (SSSR count). The lowest BCUT2D eigenvalue weighted by molar-refractivity contribution is -0.137. The van der Waals surface area contributed by atoms with Gasteiger partial charge in [0.25, 0.3) is 5.91 Å². The lowest BCUT2D eigenvalue weighted by Crippen LogP contribution is -2.33. The van der Waals surface area contributed by atoms with Crippen molar-refractivity contribution in [2.75, 3.05) is 18.8 Å². The van der Waals surface area contributed by atoms with E-state index in [1.54, 1.807) is 26.0 Å². The maximum atomic E-state index is 12.5. The van der Waals surface area contributed by atoms with Gasteiger partial charge in [-0.25, -0.2) is 8.42 Å². The van der Waals surface area contributed by atoms with Crippen molar-refractivity contribution in [3.8, 4) is 0 Å². The van der Waals surface area contributed by atoms with Gasteiger partial charge < -0.3 is 10.0 Å². The number of sulfone groups is 1. The molecule has 22 heavy (non-hydrogen) atoms. The zero-order valence-corrected chi connectivity index (χ0v) is 13.6. The van der Waals surface area contributed by atoms with Crippen LogP contribution in [0.15, 0.2) is 29.2 Å². The number of carboxylic acid groups (broad SMARTS) is 1. The number of benzene rings is 1. The largest absolute Gasteiger partial charge is 0.481 e. The zero-order chi connectivity index (χ0) is 16.8. The van der Waals surface area contributed by atoms with Gasteiger partial charge in [-0.05, 0) is 25.5 Å². The van der Waals surface area contributed by atoms with Gasteiger partial charge in [-0.15, -0.1) is 0 Å². The van der Waals surface area contributed by atoms with Crippen LogP contribution in [-0.2, 0) is 14.6 Å². The van der Waals surface area contributed by atoms with Crippen molar-refractivity contribution >= 4 is 21.7 Å². The number of nitrogens with zero attached hydrogens (tertiary/aromatic N) is 1. The van der Waals surface area contributed by atoms with Crippen molar-refractivity contribution < 1.29 is 23.1 Å². The minimum atomic E-state index is -3.52. The zero-order valence-electron chi connectivity index (χ0n) is 12.8. The molecule has 0 aliphatic carbocycles. The van der Waals surface area contributed by atoms with Crippen molar-refractivity contribution in [3.05, 3.63) is 29.8 Å². The van der Waals surface area contributed by atoms with Crippen LogP contribution in [-0.4, -0.2) is 49.1 Å². The first kappa shape index (κ1) is 18.2. The van der Waals surface area contributed by atoms with E-state index in [0.29, 0.717) is 13.0 Å². The molecule has 0 aromatic heterocycles. The smallest absolute Gasteiger partial charge is 0.305 e. The number of hydrogen-bond acceptors (Lipinski definition) is 4. The molecule has 0 saturated carbocycles. The molecule has 0 bridgehead atoms. The summed E-state index contributed by atoms with van der Waals surface area (Å²) in [5, 5.41) is 8.73. The Bertz CT molecular complexity index is 639. The Morgan fingerprint density at radius 3 is 2.36 bits per heavy atom. The Morgan fingerprint density at radius 2 is 1.82 bits per heavy atom. The van der Waals surface area contributed by atoms with Crippen LogP contribution in [0.25, 0.3) is 0 Å². The van der Waals surface area contributed by atoms with Crippen molar-refractivity contribution in [2.24, 2.45) is 0 Å². The van der Waals surface area contributed by atoms with E-state index in [1.807, 2.05) is 0 Å². The predicted octanol–water partition coefficient (Wildman–Crippen LogP) is 1.81. The summed E-state index contributed by atoms with van der Waals surface area (Å²) in [6, 6.07) is 6.06. The van der Waals surface area contributed by atoms with Crippen LogP contribution in [0.3, 0.4) is 0 Å². The molecule has 1 aromatic rings. The van der Waals surface area contributed by atoms with Crippen LogP contribution >= 0.6 is 0 Å². The molecule has 1 amide bonds. The molecule has 0 saturated heterocycles. The summed E-state index contributed by atoms with van der Waals surface area (Å²) in [5.41, 5.74) is 0.100. The van der Waals surface area contributed by atoms with Gasteiger partial charge in [0.1, 0.15) is 0 Å². The summed E-state index contributed by atoms with van der Waals surface area (Å²) in [5.74, 6) is -1.49. The number of rotatable bonds is 8. The average molecular weight is 327 g/mol.